The highest BCUT2D eigenvalue weighted by Gasteiger charge is 2.20. The van der Waals surface area contributed by atoms with E-state index in [1.54, 1.807) is 44.3 Å². The van der Waals surface area contributed by atoms with Crippen LogP contribution >= 0.6 is 0 Å². The summed E-state index contributed by atoms with van der Waals surface area (Å²) in [5, 5.41) is 18.2. The molecule has 1 atom stereocenters. The molecule has 1 heterocycles. The molecule has 6 heteroatoms. The van der Waals surface area contributed by atoms with Crippen LogP contribution < -0.4 is 9.47 Å². The lowest BCUT2D eigenvalue weighted by molar-refractivity contribution is 0.168. The highest BCUT2D eigenvalue weighted by atomic mass is 16.5. The molecule has 0 spiro atoms. The largest absolute Gasteiger partial charge is 0.496 e. The third kappa shape index (κ3) is 2.85. The lowest BCUT2D eigenvalue weighted by Gasteiger charge is -2.17. The first-order chi connectivity index (χ1) is 9.15. The molecule has 2 aromatic rings. The first-order valence-electron chi connectivity index (χ1n) is 5.90. The average Bonchev–Trinajstić information content (AvgIpc) is 2.82. The first-order valence-corrected chi connectivity index (χ1v) is 5.90. The molecule has 0 aliphatic heterocycles. The number of rotatable bonds is 5. The van der Waals surface area contributed by atoms with Gasteiger partial charge in [-0.3, -0.25) is 4.68 Å². The molecule has 6 nitrogen and oxygen atoms in total. The van der Waals surface area contributed by atoms with Gasteiger partial charge in [0.1, 0.15) is 11.5 Å². The van der Waals surface area contributed by atoms with Crippen molar-refractivity contribution in [3.8, 4) is 11.5 Å². The lowest BCUT2D eigenvalue weighted by atomic mass is 10.0. The Bertz CT molecular complexity index is 532. The molecule has 1 N–H and O–H groups in total. The van der Waals surface area contributed by atoms with Crippen molar-refractivity contribution in [1.82, 2.24) is 15.0 Å². The number of aryl methyl sites for hydroxylation is 1. The van der Waals surface area contributed by atoms with Crippen molar-refractivity contribution in [1.29, 1.82) is 0 Å². The van der Waals surface area contributed by atoms with E-state index in [0.717, 1.165) is 0 Å². The number of methoxy groups -OCH3 is 2. The van der Waals surface area contributed by atoms with Crippen LogP contribution in [-0.2, 0) is 13.5 Å². The molecule has 2 rings (SSSR count). The van der Waals surface area contributed by atoms with Crippen LogP contribution in [0.1, 0.15) is 17.4 Å². The normalized spacial score (nSPS) is 12.2. The van der Waals surface area contributed by atoms with Crippen molar-refractivity contribution in [3.05, 3.63) is 35.7 Å². The molecule has 0 saturated heterocycles. The number of hydrogen-bond acceptors (Lipinski definition) is 5. The van der Waals surface area contributed by atoms with Crippen molar-refractivity contribution in [2.75, 3.05) is 14.2 Å². The Hall–Kier alpha value is -2.08. The van der Waals surface area contributed by atoms with Gasteiger partial charge in [-0.1, -0.05) is 11.3 Å². The van der Waals surface area contributed by atoms with Crippen LogP contribution in [-0.4, -0.2) is 34.3 Å². The fourth-order valence-corrected chi connectivity index (χ4v) is 2.00. The standard InChI is InChI=1S/C13H17N3O3/c1-16-8-9(14-15-16)7-10(17)13-11(18-2)5-4-6-12(13)19-3/h4-6,8,10,17H,7H2,1-3H3. The van der Waals surface area contributed by atoms with E-state index in [4.69, 9.17) is 9.47 Å². The van der Waals surface area contributed by atoms with E-state index in [0.29, 0.717) is 29.2 Å². The molecule has 0 fully saturated rings. The van der Waals surface area contributed by atoms with Gasteiger partial charge in [0.05, 0.1) is 31.6 Å². The quantitative estimate of drug-likeness (QED) is 0.875. The predicted octanol–water partition coefficient (Wildman–Crippen LogP) is 1.11. The molecular weight excluding hydrogens is 246 g/mol. The highest BCUT2D eigenvalue weighted by Crippen LogP contribution is 2.35. The Morgan fingerprint density at radius 1 is 1.26 bits per heavy atom. The summed E-state index contributed by atoms with van der Waals surface area (Å²) in [5.41, 5.74) is 1.33. The lowest BCUT2D eigenvalue weighted by Crippen LogP contribution is -2.06. The van der Waals surface area contributed by atoms with Crippen LogP contribution in [0.15, 0.2) is 24.4 Å². The van der Waals surface area contributed by atoms with Gasteiger partial charge in [0.2, 0.25) is 0 Å². The molecule has 102 valence electrons. The van der Waals surface area contributed by atoms with Crippen LogP contribution in [0.4, 0.5) is 0 Å². The van der Waals surface area contributed by atoms with Crippen LogP contribution in [0.5, 0.6) is 11.5 Å². The minimum atomic E-state index is -0.761. The van der Waals surface area contributed by atoms with E-state index < -0.39 is 6.10 Å². The second kappa shape index (κ2) is 5.71. The fraction of sp³-hybridized carbons (Fsp3) is 0.385. The summed E-state index contributed by atoms with van der Waals surface area (Å²) >= 11 is 0. The summed E-state index contributed by atoms with van der Waals surface area (Å²) in [7, 11) is 4.91. The van der Waals surface area contributed by atoms with Gasteiger partial charge in [-0.05, 0) is 12.1 Å². The topological polar surface area (TPSA) is 69.4 Å². The number of aliphatic hydroxyl groups is 1. The summed E-state index contributed by atoms with van der Waals surface area (Å²) in [6.45, 7) is 0. The molecule has 0 bridgehead atoms. The van der Waals surface area contributed by atoms with E-state index in [9.17, 15) is 5.11 Å². The van der Waals surface area contributed by atoms with Crippen LogP contribution in [0, 0.1) is 0 Å². The van der Waals surface area contributed by atoms with E-state index >= 15 is 0 Å². The van der Waals surface area contributed by atoms with Gasteiger partial charge >= 0.3 is 0 Å². The molecule has 1 unspecified atom stereocenters. The van der Waals surface area contributed by atoms with E-state index in [1.165, 1.54) is 0 Å². The molecule has 0 saturated carbocycles. The molecule has 0 radical (unpaired) electrons. The molecular formula is C13H17N3O3. The second-order valence-electron chi connectivity index (χ2n) is 4.18. The monoisotopic (exact) mass is 263 g/mol. The number of benzene rings is 1. The van der Waals surface area contributed by atoms with Crippen LogP contribution in [0.3, 0.4) is 0 Å². The summed E-state index contributed by atoms with van der Waals surface area (Å²) in [6, 6.07) is 5.39. The second-order valence-corrected chi connectivity index (χ2v) is 4.18. The SMILES string of the molecule is COc1cccc(OC)c1C(O)Cc1cn(C)nn1. The zero-order chi connectivity index (χ0) is 13.8. The Morgan fingerprint density at radius 3 is 2.37 bits per heavy atom. The minimum Gasteiger partial charge on any atom is -0.496 e. The molecule has 0 aliphatic carbocycles. The maximum Gasteiger partial charge on any atom is 0.128 e. The Labute approximate surface area is 111 Å². The zero-order valence-electron chi connectivity index (χ0n) is 11.2. The summed E-state index contributed by atoms with van der Waals surface area (Å²) < 4.78 is 12.1. The summed E-state index contributed by atoms with van der Waals surface area (Å²) in [4.78, 5) is 0. The van der Waals surface area contributed by atoms with E-state index in [1.807, 2.05) is 6.07 Å². The number of aliphatic hydroxyl groups excluding tert-OH is 1. The first kappa shape index (κ1) is 13.4. The van der Waals surface area contributed by atoms with E-state index in [-0.39, 0.29) is 0 Å². The van der Waals surface area contributed by atoms with Crippen molar-refractivity contribution < 1.29 is 14.6 Å². The summed E-state index contributed by atoms with van der Waals surface area (Å²) in [6.07, 6.45) is 1.36. The minimum absolute atomic E-state index is 0.352. The number of ether oxygens (including phenoxy) is 2. The Kier molecular flexibility index (Phi) is 4.01. The smallest absolute Gasteiger partial charge is 0.128 e. The van der Waals surface area contributed by atoms with Gasteiger partial charge in [-0.25, -0.2) is 0 Å². The van der Waals surface area contributed by atoms with Crippen molar-refractivity contribution >= 4 is 0 Å². The van der Waals surface area contributed by atoms with Gasteiger partial charge in [0, 0.05) is 19.7 Å². The van der Waals surface area contributed by atoms with Gasteiger partial charge < -0.3 is 14.6 Å². The number of nitrogens with zero attached hydrogens (tertiary/aromatic N) is 3. The number of aromatic nitrogens is 3. The van der Waals surface area contributed by atoms with Gasteiger partial charge in [-0.15, -0.1) is 5.10 Å². The molecule has 19 heavy (non-hydrogen) atoms. The third-order valence-corrected chi connectivity index (χ3v) is 2.85. The average molecular weight is 263 g/mol. The van der Waals surface area contributed by atoms with Crippen molar-refractivity contribution in [3.63, 3.8) is 0 Å². The maximum atomic E-state index is 10.4. The van der Waals surface area contributed by atoms with Gasteiger partial charge in [0.15, 0.2) is 0 Å². The third-order valence-electron chi connectivity index (χ3n) is 2.85. The molecule has 0 aliphatic rings. The van der Waals surface area contributed by atoms with Crippen molar-refractivity contribution in [2.24, 2.45) is 7.05 Å². The van der Waals surface area contributed by atoms with E-state index in [2.05, 4.69) is 10.3 Å². The number of hydrogen-bond donors (Lipinski definition) is 1. The molecule has 1 aromatic heterocycles. The van der Waals surface area contributed by atoms with Crippen LogP contribution in [0.2, 0.25) is 0 Å². The predicted molar refractivity (Wildman–Crippen MR) is 69.2 cm³/mol. The van der Waals surface area contributed by atoms with Gasteiger partial charge in [-0.2, -0.15) is 0 Å². The summed E-state index contributed by atoms with van der Waals surface area (Å²) in [5.74, 6) is 1.19. The molecule has 1 aromatic carbocycles. The van der Waals surface area contributed by atoms with Gasteiger partial charge in [0.25, 0.3) is 0 Å². The highest BCUT2D eigenvalue weighted by molar-refractivity contribution is 5.46. The fourth-order valence-electron chi connectivity index (χ4n) is 2.00. The Balaban J connectivity index is 2.29. The van der Waals surface area contributed by atoms with Crippen molar-refractivity contribution in [2.45, 2.75) is 12.5 Å². The maximum absolute atomic E-state index is 10.4. The van der Waals surface area contributed by atoms with Crippen LogP contribution in [0.25, 0.3) is 0 Å². The zero-order valence-corrected chi connectivity index (χ0v) is 11.2. The Morgan fingerprint density at radius 2 is 1.89 bits per heavy atom. The molecule has 0 amide bonds.